The van der Waals surface area contributed by atoms with Crippen molar-refractivity contribution in [1.82, 2.24) is 8.18 Å². The maximum atomic E-state index is 12.4. The fourth-order valence-electron chi connectivity index (χ4n) is 5.21. The topological polar surface area (TPSA) is 79.3 Å². The Balaban J connectivity index is 1.83. The minimum absolute atomic E-state index is 0.0109. The highest BCUT2D eigenvalue weighted by molar-refractivity contribution is 14.1. The molecule has 8 heteroatoms. The van der Waals surface area contributed by atoms with Gasteiger partial charge in [-0.15, -0.1) is 0 Å². The van der Waals surface area contributed by atoms with Gasteiger partial charge in [0, 0.05) is 70.7 Å². The summed E-state index contributed by atoms with van der Waals surface area (Å²) in [5.41, 5.74) is -1.13. The Morgan fingerprint density at radius 1 is 0.767 bits per heavy atom. The van der Waals surface area contributed by atoms with Crippen molar-refractivity contribution in [3.8, 4) is 0 Å². The lowest BCUT2D eigenvalue weighted by Crippen LogP contribution is -2.60. The molecule has 2 aliphatic rings. The molecular weight excluding hydrogens is 499 g/mol. The van der Waals surface area contributed by atoms with Gasteiger partial charge in [-0.1, -0.05) is 0 Å². The van der Waals surface area contributed by atoms with E-state index in [1.54, 1.807) is 0 Å². The molecule has 7 nitrogen and oxygen atoms in total. The van der Waals surface area contributed by atoms with Gasteiger partial charge in [0.2, 0.25) is 0 Å². The van der Waals surface area contributed by atoms with Crippen LogP contribution in [-0.4, -0.2) is 59.7 Å². The highest BCUT2D eigenvalue weighted by Crippen LogP contribution is 2.42. The summed E-state index contributed by atoms with van der Waals surface area (Å²) < 4.78 is 13.7. The summed E-state index contributed by atoms with van der Waals surface area (Å²) in [6.07, 6.45) is 2.21. The van der Waals surface area contributed by atoms with Gasteiger partial charge in [0.15, 0.2) is 0 Å². The van der Waals surface area contributed by atoms with E-state index in [9.17, 15) is 14.8 Å². The summed E-state index contributed by atoms with van der Waals surface area (Å²) in [4.78, 5) is 24.7. The van der Waals surface area contributed by atoms with Crippen LogP contribution in [0.2, 0.25) is 0 Å². The van der Waals surface area contributed by atoms with Crippen LogP contribution in [0.4, 0.5) is 0 Å². The van der Waals surface area contributed by atoms with Crippen molar-refractivity contribution in [2.75, 3.05) is 0 Å². The molecule has 0 aliphatic carbocycles. The van der Waals surface area contributed by atoms with Crippen molar-refractivity contribution in [1.29, 1.82) is 0 Å². The highest BCUT2D eigenvalue weighted by atomic mass is 127. The van der Waals surface area contributed by atoms with Crippen LogP contribution in [0.5, 0.6) is 0 Å². The second-order valence-corrected chi connectivity index (χ2v) is 12.3. The van der Waals surface area contributed by atoms with Crippen molar-refractivity contribution in [3.63, 3.8) is 0 Å². The van der Waals surface area contributed by atoms with Crippen LogP contribution in [0.3, 0.4) is 0 Å². The van der Waals surface area contributed by atoms with Gasteiger partial charge in [-0.25, -0.2) is 3.11 Å². The molecule has 0 unspecified atom stereocenters. The van der Waals surface area contributed by atoms with Crippen LogP contribution in [0.15, 0.2) is 0 Å². The van der Waals surface area contributed by atoms with Gasteiger partial charge in [-0.2, -0.15) is 5.06 Å². The molecule has 174 valence electrons. The molecule has 2 heterocycles. The summed E-state index contributed by atoms with van der Waals surface area (Å²) in [6.45, 7) is 16.3. The Kier molecular flexibility index (Phi) is 7.59. The van der Waals surface area contributed by atoms with Crippen LogP contribution in [0.1, 0.15) is 93.9 Å². The summed E-state index contributed by atoms with van der Waals surface area (Å²) >= 11 is 2.36. The monoisotopic (exact) mass is 538 g/mol. The van der Waals surface area contributed by atoms with Gasteiger partial charge in [0.25, 0.3) is 0 Å². The molecule has 1 N–H and O–H groups in total. The predicted molar refractivity (Wildman–Crippen MR) is 123 cm³/mol. The number of hydrogen-bond acceptors (Lipinski definition) is 7. The van der Waals surface area contributed by atoms with Gasteiger partial charge in [0.1, 0.15) is 12.2 Å². The number of esters is 2. The minimum Gasteiger partial charge on any atom is -0.462 e. The van der Waals surface area contributed by atoms with E-state index in [4.69, 9.17) is 9.47 Å². The first kappa shape index (κ1) is 25.8. The van der Waals surface area contributed by atoms with E-state index >= 15 is 0 Å². The number of hydrogen-bond donors (Lipinski definition) is 1. The summed E-state index contributed by atoms with van der Waals surface area (Å²) in [6, 6.07) is 0. The van der Waals surface area contributed by atoms with Gasteiger partial charge < -0.3 is 14.7 Å². The molecule has 0 atom stereocenters. The lowest BCUT2D eigenvalue weighted by atomic mass is 9.80. The van der Waals surface area contributed by atoms with E-state index in [0.29, 0.717) is 12.8 Å². The lowest BCUT2D eigenvalue weighted by Gasteiger charge is -2.51. The van der Waals surface area contributed by atoms with E-state index < -0.39 is 17.0 Å². The number of carbonyl (C=O) groups is 2. The number of rotatable bonds is 5. The predicted octanol–water partition coefficient (Wildman–Crippen LogP) is 4.64. The molecule has 0 bridgehead atoms. The molecule has 0 aromatic carbocycles. The SMILES string of the molecule is CC1(C)CC(OC(=O)CCC(=O)OC2CC(C)(C)N(I)C(C)(C)C2)CC(C)(C)N1O. The molecule has 2 saturated heterocycles. The third-order valence-corrected chi connectivity index (χ3v) is 8.86. The fraction of sp³-hybridized carbons (Fsp3) is 0.909. The Labute approximate surface area is 195 Å². The van der Waals surface area contributed by atoms with Crippen molar-refractivity contribution < 1.29 is 24.3 Å². The van der Waals surface area contributed by atoms with Crippen molar-refractivity contribution in [2.45, 2.75) is 128 Å². The Bertz CT molecular complexity index is 570. The average molecular weight is 538 g/mol. The summed E-state index contributed by atoms with van der Waals surface area (Å²) in [5, 5.41) is 11.7. The molecule has 2 aliphatic heterocycles. The first-order valence-corrected chi connectivity index (χ1v) is 11.8. The van der Waals surface area contributed by atoms with E-state index in [1.165, 1.54) is 5.06 Å². The van der Waals surface area contributed by atoms with E-state index in [0.717, 1.165) is 12.8 Å². The van der Waals surface area contributed by atoms with Crippen LogP contribution in [0, 0.1) is 0 Å². The maximum Gasteiger partial charge on any atom is 0.306 e. The third kappa shape index (κ3) is 6.07. The molecule has 0 amide bonds. The first-order valence-electron chi connectivity index (χ1n) is 10.8. The first-order chi connectivity index (χ1) is 13.5. The molecule has 2 fully saturated rings. The normalized spacial score (nSPS) is 26.9. The van der Waals surface area contributed by atoms with Gasteiger partial charge in [0.05, 0.1) is 12.8 Å². The molecule has 0 aromatic rings. The van der Waals surface area contributed by atoms with Crippen LogP contribution < -0.4 is 0 Å². The quantitative estimate of drug-likeness (QED) is 0.311. The van der Waals surface area contributed by atoms with Crippen LogP contribution in [0.25, 0.3) is 0 Å². The van der Waals surface area contributed by atoms with E-state index in [1.807, 2.05) is 27.7 Å². The molecule has 30 heavy (non-hydrogen) atoms. The van der Waals surface area contributed by atoms with E-state index in [2.05, 4.69) is 53.7 Å². The maximum absolute atomic E-state index is 12.4. The second-order valence-electron chi connectivity index (χ2n) is 11.4. The van der Waals surface area contributed by atoms with Crippen molar-refractivity contribution in [3.05, 3.63) is 0 Å². The molecule has 2 rings (SSSR count). The largest absolute Gasteiger partial charge is 0.462 e. The minimum atomic E-state index is -0.487. The Hall–Kier alpha value is -0.450. The molecular formula is C22H39IN2O5. The Morgan fingerprint density at radius 3 is 1.40 bits per heavy atom. The molecule has 0 spiro atoms. The second kappa shape index (κ2) is 8.83. The van der Waals surface area contributed by atoms with E-state index in [-0.39, 0.29) is 42.1 Å². The lowest BCUT2D eigenvalue weighted by molar-refractivity contribution is -0.259. The zero-order chi connectivity index (χ0) is 23.1. The highest BCUT2D eigenvalue weighted by Gasteiger charge is 2.47. The van der Waals surface area contributed by atoms with Gasteiger partial charge in [-0.3, -0.25) is 9.59 Å². The molecule has 0 aromatic heterocycles. The number of hydroxylamine groups is 2. The standard InChI is InChI=1S/C22H39IN2O5/c1-19(2)11-15(12-20(3,4)24(19)23)29-17(26)9-10-18(27)30-16-13-21(5,6)25(28)22(7,8)14-16/h15-16,28H,9-14H2,1-8H3. The zero-order valence-corrected chi connectivity index (χ0v) is 21.9. The third-order valence-electron chi connectivity index (χ3n) is 6.25. The van der Waals surface area contributed by atoms with Crippen LogP contribution in [-0.2, 0) is 19.1 Å². The Morgan fingerprint density at radius 2 is 1.07 bits per heavy atom. The van der Waals surface area contributed by atoms with Gasteiger partial charge in [-0.05, 0) is 55.4 Å². The number of piperidine rings is 2. The summed E-state index contributed by atoms with van der Waals surface area (Å²) in [7, 11) is 0. The van der Waals surface area contributed by atoms with Crippen LogP contribution >= 0.6 is 22.9 Å². The summed E-state index contributed by atoms with van der Waals surface area (Å²) in [5.74, 6) is -0.742. The number of nitrogens with zero attached hydrogens (tertiary/aromatic N) is 2. The molecule has 0 saturated carbocycles. The number of carbonyl (C=O) groups excluding carboxylic acids is 2. The number of halogens is 1. The zero-order valence-electron chi connectivity index (χ0n) is 19.7. The smallest absolute Gasteiger partial charge is 0.306 e. The average Bonchev–Trinajstić information content (AvgIpc) is 2.54. The van der Waals surface area contributed by atoms with Crippen molar-refractivity contribution >= 4 is 34.8 Å². The van der Waals surface area contributed by atoms with Gasteiger partial charge >= 0.3 is 11.9 Å². The van der Waals surface area contributed by atoms with Crippen molar-refractivity contribution in [2.24, 2.45) is 0 Å². The number of ether oxygens (including phenoxy) is 2. The molecule has 0 radical (unpaired) electrons. The fourth-order valence-corrected chi connectivity index (χ4v) is 5.60.